The van der Waals surface area contributed by atoms with Crippen LogP contribution >= 0.6 is 23.2 Å². The topological polar surface area (TPSA) is 115 Å². The molecule has 0 amide bonds. The molecule has 2 atom stereocenters. The number of aliphatic hydroxyl groups is 1. The summed E-state index contributed by atoms with van der Waals surface area (Å²) in [5, 5.41) is 21.9. The number of fused-ring (bicyclic) bond motifs is 1. The second-order valence-corrected chi connectivity index (χ2v) is 11.7. The van der Waals surface area contributed by atoms with E-state index in [1.54, 1.807) is 48.8 Å². The molecule has 3 heterocycles. The minimum atomic E-state index is -1.41. The minimum absolute atomic E-state index is 0.193. The van der Waals surface area contributed by atoms with Gasteiger partial charge >= 0.3 is 5.97 Å². The van der Waals surface area contributed by atoms with Crippen LogP contribution in [0.15, 0.2) is 73.2 Å². The Hall–Kier alpha value is -4.09. The predicted molar refractivity (Wildman–Crippen MR) is 166 cm³/mol. The largest absolute Gasteiger partial charge is 0.487 e. The Bertz CT molecular complexity index is 1840. The zero-order valence-corrected chi connectivity index (χ0v) is 25.7. The SMILES string of the molecule is CCn1cncc1Cn1c(CN2C[C@](O)(Oc3cccc(COc4ccc(Cl)cc4Cl)c3)[C@@H]2C)nc2ccc(C(=O)O)cc21. The maximum absolute atomic E-state index is 11.7. The highest BCUT2D eigenvalue weighted by molar-refractivity contribution is 6.35. The lowest BCUT2D eigenvalue weighted by atomic mass is 9.96. The third-order valence-corrected chi connectivity index (χ3v) is 8.52. The number of aromatic nitrogens is 4. The number of halogens is 2. The van der Waals surface area contributed by atoms with Gasteiger partial charge in [-0.3, -0.25) is 4.90 Å². The van der Waals surface area contributed by atoms with Crippen LogP contribution < -0.4 is 9.47 Å². The van der Waals surface area contributed by atoms with Gasteiger partial charge in [0.15, 0.2) is 0 Å². The van der Waals surface area contributed by atoms with E-state index in [4.69, 9.17) is 37.7 Å². The fourth-order valence-electron chi connectivity index (χ4n) is 5.41. The number of rotatable bonds is 11. The number of ether oxygens (including phenoxy) is 2. The van der Waals surface area contributed by atoms with Gasteiger partial charge in [-0.05, 0) is 67.9 Å². The van der Waals surface area contributed by atoms with Crippen molar-refractivity contribution in [2.24, 2.45) is 0 Å². The summed E-state index contributed by atoms with van der Waals surface area (Å²) in [6, 6.07) is 17.0. The van der Waals surface area contributed by atoms with E-state index >= 15 is 0 Å². The van der Waals surface area contributed by atoms with Crippen LogP contribution in [-0.4, -0.2) is 58.6 Å². The first-order valence-electron chi connectivity index (χ1n) is 14.2. The molecule has 1 fully saturated rings. The molecule has 2 aromatic heterocycles. The van der Waals surface area contributed by atoms with Crippen LogP contribution in [0.3, 0.4) is 0 Å². The van der Waals surface area contributed by atoms with E-state index in [0.717, 1.165) is 29.1 Å². The molecule has 0 spiro atoms. The maximum Gasteiger partial charge on any atom is 0.335 e. The highest BCUT2D eigenvalue weighted by Gasteiger charge is 2.51. The third kappa shape index (κ3) is 5.98. The molecule has 0 radical (unpaired) electrons. The molecule has 12 heteroatoms. The number of likely N-dealkylation sites (tertiary alicyclic amines) is 1. The molecule has 3 aromatic carbocycles. The van der Waals surface area contributed by atoms with Gasteiger partial charge in [-0.1, -0.05) is 35.3 Å². The van der Waals surface area contributed by atoms with Crippen LogP contribution in [-0.2, 0) is 26.2 Å². The molecule has 0 unspecified atom stereocenters. The molecule has 1 saturated heterocycles. The van der Waals surface area contributed by atoms with Gasteiger partial charge in [0, 0.05) is 17.8 Å². The van der Waals surface area contributed by atoms with E-state index in [1.807, 2.05) is 47.4 Å². The number of imidazole rings is 2. The Morgan fingerprint density at radius 1 is 1.11 bits per heavy atom. The lowest BCUT2D eigenvalue weighted by molar-refractivity contribution is -0.263. The molecular weight excluding hydrogens is 605 g/mol. The number of carbonyl (C=O) groups is 1. The molecule has 10 nitrogen and oxygen atoms in total. The third-order valence-electron chi connectivity index (χ3n) is 7.99. The van der Waals surface area contributed by atoms with E-state index in [2.05, 4.69) is 9.88 Å². The number of hydrogen-bond acceptors (Lipinski definition) is 7. The van der Waals surface area contributed by atoms with Crippen molar-refractivity contribution >= 4 is 40.2 Å². The van der Waals surface area contributed by atoms with Gasteiger partial charge in [0.2, 0.25) is 5.79 Å². The van der Waals surface area contributed by atoms with E-state index in [-0.39, 0.29) is 24.8 Å². The van der Waals surface area contributed by atoms with Crippen molar-refractivity contribution in [1.82, 2.24) is 24.0 Å². The first-order chi connectivity index (χ1) is 21.1. The summed E-state index contributed by atoms with van der Waals surface area (Å²) in [4.78, 5) is 22.9. The van der Waals surface area contributed by atoms with E-state index in [1.165, 1.54) is 0 Å². The quantitative estimate of drug-likeness (QED) is 0.174. The van der Waals surface area contributed by atoms with Gasteiger partial charge in [-0.2, -0.15) is 0 Å². The van der Waals surface area contributed by atoms with Crippen LogP contribution in [0.5, 0.6) is 11.5 Å². The van der Waals surface area contributed by atoms with Crippen molar-refractivity contribution in [3.05, 3.63) is 106 Å². The van der Waals surface area contributed by atoms with Gasteiger partial charge in [-0.15, -0.1) is 0 Å². The van der Waals surface area contributed by atoms with Crippen molar-refractivity contribution in [1.29, 1.82) is 0 Å². The molecule has 0 saturated carbocycles. The number of carboxylic acids is 1. The lowest BCUT2D eigenvalue weighted by Crippen LogP contribution is -2.70. The zero-order valence-electron chi connectivity index (χ0n) is 24.2. The van der Waals surface area contributed by atoms with Crippen LogP contribution in [0.4, 0.5) is 0 Å². The lowest BCUT2D eigenvalue weighted by Gasteiger charge is -2.51. The first kappa shape index (κ1) is 30.0. The van der Waals surface area contributed by atoms with Crippen molar-refractivity contribution in [3.63, 3.8) is 0 Å². The number of nitrogens with zero attached hydrogens (tertiary/aromatic N) is 5. The molecule has 228 valence electrons. The Balaban J connectivity index is 1.17. The number of β-amino-alcohol motifs (C(OH)–C–C–N with tert-alkyl or cyclic N) is 1. The van der Waals surface area contributed by atoms with Gasteiger partial charge in [0.25, 0.3) is 0 Å². The molecule has 6 rings (SSSR count). The molecule has 0 aliphatic carbocycles. The molecule has 2 N–H and O–H groups in total. The van der Waals surface area contributed by atoms with Gasteiger partial charge < -0.3 is 28.8 Å². The van der Waals surface area contributed by atoms with Gasteiger partial charge in [0.05, 0.1) is 59.3 Å². The van der Waals surface area contributed by atoms with Crippen molar-refractivity contribution in [2.45, 2.75) is 51.9 Å². The van der Waals surface area contributed by atoms with Crippen LogP contribution in [0.1, 0.15) is 41.3 Å². The van der Waals surface area contributed by atoms with Crippen molar-refractivity contribution in [2.75, 3.05) is 6.54 Å². The number of hydrogen-bond donors (Lipinski definition) is 2. The standard InChI is InChI=1S/C32H31Cl2N5O5/c1-3-37-19-35-14-24(37)15-39-28-12-22(31(40)41)7-9-27(28)36-30(39)16-38-18-32(42,20(38)2)44-25-6-4-5-21(11-25)17-43-29-10-8-23(33)13-26(29)34/h4-14,19-20,42H,3,15-18H2,1-2H3,(H,40,41)/t20-,32-/m0/s1. The van der Waals surface area contributed by atoms with E-state index in [0.29, 0.717) is 40.2 Å². The average molecular weight is 637 g/mol. The summed E-state index contributed by atoms with van der Waals surface area (Å²) in [6.45, 7) is 6.12. The molecule has 1 aliphatic rings. The predicted octanol–water partition coefficient (Wildman–Crippen LogP) is 5.86. The van der Waals surface area contributed by atoms with Gasteiger partial charge in [0.1, 0.15) is 23.9 Å². The summed E-state index contributed by atoms with van der Waals surface area (Å²) in [7, 11) is 0. The number of aromatic carboxylic acids is 1. The van der Waals surface area contributed by atoms with Crippen molar-refractivity contribution < 1.29 is 24.5 Å². The Morgan fingerprint density at radius 2 is 1.95 bits per heavy atom. The Morgan fingerprint density at radius 3 is 2.70 bits per heavy atom. The monoisotopic (exact) mass is 635 g/mol. The second-order valence-electron chi connectivity index (χ2n) is 10.8. The van der Waals surface area contributed by atoms with Crippen molar-refractivity contribution in [3.8, 4) is 11.5 Å². The Labute approximate surface area is 264 Å². The summed E-state index contributed by atoms with van der Waals surface area (Å²) >= 11 is 12.2. The molecule has 5 aromatic rings. The summed E-state index contributed by atoms with van der Waals surface area (Å²) in [6.07, 6.45) is 3.59. The smallest absolute Gasteiger partial charge is 0.335 e. The van der Waals surface area contributed by atoms with Gasteiger partial charge in [-0.25, -0.2) is 14.8 Å². The second kappa shape index (κ2) is 12.1. The number of carboxylic acid groups (broad SMARTS) is 1. The fraction of sp³-hybridized carbons (Fsp3) is 0.281. The molecule has 1 aliphatic heterocycles. The molecule has 44 heavy (non-hydrogen) atoms. The van der Waals surface area contributed by atoms with Crippen LogP contribution in [0.2, 0.25) is 10.0 Å². The normalized spacial score (nSPS) is 18.3. The minimum Gasteiger partial charge on any atom is -0.487 e. The zero-order chi connectivity index (χ0) is 31.0. The summed E-state index contributed by atoms with van der Waals surface area (Å²) in [5.41, 5.74) is 3.45. The number of aryl methyl sites for hydroxylation is 1. The molecular formula is C32H31Cl2N5O5. The molecule has 0 bridgehead atoms. The van der Waals surface area contributed by atoms with Crippen LogP contribution in [0, 0.1) is 0 Å². The maximum atomic E-state index is 11.7. The summed E-state index contributed by atoms with van der Waals surface area (Å²) < 4.78 is 16.0. The Kier molecular flexibility index (Phi) is 8.26. The highest BCUT2D eigenvalue weighted by atomic mass is 35.5. The summed E-state index contributed by atoms with van der Waals surface area (Å²) in [5.74, 6) is -0.618. The fourth-order valence-corrected chi connectivity index (χ4v) is 5.87. The average Bonchev–Trinajstić information content (AvgIpc) is 3.60. The van der Waals surface area contributed by atoms with E-state index in [9.17, 15) is 15.0 Å². The van der Waals surface area contributed by atoms with Crippen LogP contribution in [0.25, 0.3) is 11.0 Å². The van der Waals surface area contributed by atoms with E-state index < -0.39 is 11.8 Å². The highest BCUT2D eigenvalue weighted by Crippen LogP contribution is 2.35. The first-order valence-corrected chi connectivity index (χ1v) is 14.9. The number of benzene rings is 3.